The van der Waals surface area contributed by atoms with Crippen LogP contribution in [0, 0.1) is 11.0 Å². The Bertz CT molecular complexity index is 678. The number of nitrogens with one attached hydrogen (secondary N) is 1. The summed E-state index contributed by atoms with van der Waals surface area (Å²) in [6, 6.07) is 13.7. The van der Waals surface area contributed by atoms with Gasteiger partial charge < -0.3 is 9.94 Å². The first-order chi connectivity index (χ1) is 11.5. The molecule has 128 valence electrons. The molecule has 0 saturated carbocycles. The van der Waals surface area contributed by atoms with Gasteiger partial charge in [-0.05, 0) is 24.1 Å². The van der Waals surface area contributed by atoms with Crippen LogP contribution in [0.4, 0.5) is 4.39 Å². The summed E-state index contributed by atoms with van der Waals surface area (Å²) in [7, 11) is 0. The van der Waals surface area contributed by atoms with Gasteiger partial charge in [-0.15, -0.1) is 0 Å². The van der Waals surface area contributed by atoms with Gasteiger partial charge in [0.1, 0.15) is 19.0 Å². The average Bonchev–Trinajstić information content (AvgIpc) is 2.58. The number of quaternary nitrogens is 1. The molecule has 0 bridgehead atoms. The van der Waals surface area contributed by atoms with Crippen LogP contribution in [0.2, 0.25) is 0 Å². The van der Waals surface area contributed by atoms with Gasteiger partial charge in [0, 0.05) is 5.56 Å². The van der Waals surface area contributed by atoms with E-state index in [2.05, 4.69) is 4.84 Å². The first-order valence-corrected chi connectivity index (χ1v) is 7.36. The molecule has 0 heterocycles. The third kappa shape index (κ3) is 4.84. The highest BCUT2D eigenvalue weighted by Gasteiger charge is 2.18. The van der Waals surface area contributed by atoms with Gasteiger partial charge in [0.2, 0.25) is 0 Å². The maximum Gasteiger partial charge on any atom is 0.313 e. The van der Waals surface area contributed by atoms with Crippen molar-refractivity contribution < 1.29 is 29.4 Å². The summed E-state index contributed by atoms with van der Waals surface area (Å²) in [6.45, 7) is 1.17. The highest BCUT2D eigenvalue weighted by atomic mass is 19.1. The monoisotopic (exact) mass is 335 g/mol. The van der Waals surface area contributed by atoms with Crippen LogP contribution in [0.3, 0.4) is 0 Å². The van der Waals surface area contributed by atoms with Crippen LogP contribution >= 0.6 is 0 Å². The lowest BCUT2D eigenvalue weighted by atomic mass is 9.97. The molecule has 2 N–H and O–H groups in total. The number of hydrogen-bond donors (Lipinski definition) is 2. The number of carbonyl (C=O) groups excluding carboxylic acids is 1. The minimum atomic E-state index is -1.43. The van der Waals surface area contributed by atoms with Gasteiger partial charge in [0.25, 0.3) is 0 Å². The van der Waals surface area contributed by atoms with E-state index < -0.39 is 23.1 Å². The van der Waals surface area contributed by atoms with Gasteiger partial charge in [-0.3, -0.25) is 4.79 Å². The minimum absolute atomic E-state index is 0.181. The Labute approximate surface area is 138 Å². The quantitative estimate of drug-likeness (QED) is 0.458. The number of benzene rings is 2. The van der Waals surface area contributed by atoms with Gasteiger partial charge in [0.05, 0.1) is 5.92 Å². The Morgan fingerprint density at radius 2 is 1.96 bits per heavy atom. The summed E-state index contributed by atoms with van der Waals surface area (Å²) in [5.41, 5.74) is 1.69. The van der Waals surface area contributed by atoms with Gasteiger partial charge in [-0.2, -0.15) is 10.0 Å². The maximum absolute atomic E-state index is 14.3. The predicted molar refractivity (Wildman–Crippen MR) is 83.3 cm³/mol. The zero-order valence-corrected chi connectivity index (χ0v) is 13.1. The highest BCUT2D eigenvalue weighted by molar-refractivity contribution is 5.78. The Morgan fingerprint density at radius 3 is 2.58 bits per heavy atom. The molecule has 2 rings (SSSR count). The van der Waals surface area contributed by atoms with Crippen molar-refractivity contribution in [1.29, 1.82) is 0 Å². The van der Waals surface area contributed by atoms with E-state index in [1.165, 1.54) is 6.07 Å². The van der Waals surface area contributed by atoms with Crippen LogP contribution in [0.5, 0.6) is 0 Å². The second-order valence-corrected chi connectivity index (χ2v) is 5.11. The van der Waals surface area contributed by atoms with Crippen molar-refractivity contribution in [3.8, 4) is 11.1 Å². The molecular formula is C17H18FNO5. The molecule has 0 aromatic heterocycles. The van der Waals surface area contributed by atoms with E-state index in [9.17, 15) is 14.4 Å². The molecule has 6 nitrogen and oxygen atoms in total. The smallest absolute Gasteiger partial charge is 0.313 e. The molecular weight excluding hydrogens is 317 g/mol. The van der Waals surface area contributed by atoms with Gasteiger partial charge in [-0.25, -0.2) is 4.39 Å². The van der Waals surface area contributed by atoms with Crippen molar-refractivity contribution in [1.82, 2.24) is 0 Å². The Kier molecular flexibility index (Phi) is 6.39. The molecule has 2 unspecified atom stereocenters. The fourth-order valence-corrected chi connectivity index (χ4v) is 2.18. The fourth-order valence-electron chi connectivity index (χ4n) is 2.18. The van der Waals surface area contributed by atoms with E-state index in [1.54, 1.807) is 31.2 Å². The van der Waals surface area contributed by atoms with E-state index in [-0.39, 0.29) is 13.2 Å². The van der Waals surface area contributed by atoms with Crippen molar-refractivity contribution >= 4 is 5.97 Å². The van der Waals surface area contributed by atoms with Crippen LogP contribution < -0.4 is 5.39 Å². The molecule has 2 aromatic carbocycles. The first-order valence-electron chi connectivity index (χ1n) is 7.36. The number of esters is 1. The lowest BCUT2D eigenvalue weighted by molar-refractivity contribution is -1.21. The lowest BCUT2D eigenvalue weighted by Gasteiger charge is -2.14. The van der Waals surface area contributed by atoms with Crippen molar-refractivity contribution in [2.24, 2.45) is 0 Å². The predicted octanol–water partition coefficient (Wildman–Crippen LogP) is 1.84. The van der Waals surface area contributed by atoms with E-state index in [0.29, 0.717) is 11.1 Å². The van der Waals surface area contributed by atoms with Crippen molar-refractivity contribution in [3.05, 3.63) is 65.1 Å². The van der Waals surface area contributed by atoms with Gasteiger partial charge >= 0.3 is 5.97 Å². The second-order valence-electron chi connectivity index (χ2n) is 5.11. The lowest BCUT2D eigenvalue weighted by Crippen LogP contribution is -3.03. The zero-order valence-electron chi connectivity index (χ0n) is 13.1. The molecule has 24 heavy (non-hydrogen) atoms. The van der Waals surface area contributed by atoms with E-state index >= 15 is 0 Å². The van der Waals surface area contributed by atoms with Gasteiger partial charge in [-0.1, -0.05) is 47.9 Å². The van der Waals surface area contributed by atoms with Crippen LogP contribution in [0.1, 0.15) is 18.4 Å². The summed E-state index contributed by atoms with van der Waals surface area (Å²) < 4.78 is 19.2. The molecule has 0 radical (unpaired) electrons. The SMILES string of the molecule is CC(C(=O)OCCO[NH+]([O-])O)c1ccc(-c2ccccc2)c(F)c1. The van der Waals surface area contributed by atoms with E-state index in [0.717, 1.165) is 5.56 Å². The van der Waals surface area contributed by atoms with Crippen LogP contribution in [0.15, 0.2) is 48.5 Å². The molecule has 0 fully saturated rings. The third-order valence-corrected chi connectivity index (χ3v) is 3.48. The van der Waals surface area contributed by atoms with Crippen molar-refractivity contribution in [2.45, 2.75) is 12.8 Å². The highest BCUT2D eigenvalue weighted by Crippen LogP contribution is 2.26. The Morgan fingerprint density at radius 1 is 1.25 bits per heavy atom. The largest absolute Gasteiger partial charge is 0.566 e. The van der Waals surface area contributed by atoms with E-state index in [1.807, 2.05) is 18.2 Å². The van der Waals surface area contributed by atoms with Crippen molar-refractivity contribution in [2.75, 3.05) is 13.2 Å². The first kappa shape index (κ1) is 18.0. The average molecular weight is 335 g/mol. The Balaban J connectivity index is 2.01. The summed E-state index contributed by atoms with van der Waals surface area (Å²) in [4.78, 5) is 16.1. The van der Waals surface area contributed by atoms with Crippen LogP contribution in [-0.2, 0) is 14.4 Å². The third-order valence-electron chi connectivity index (χ3n) is 3.48. The second kappa shape index (κ2) is 8.51. The number of rotatable bonds is 7. The molecule has 2 atom stereocenters. The molecule has 0 aliphatic heterocycles. The summed E-state index contributed by atoms with van der Waals surface area (Å²) in [5, 5.41) is 17.1. The number of carbonyl (C=O) groups is 1. The summed E-state index contributed by atoms with van der Waals surface area (Å²) in [6.07, 6.45) is 0. The van der Waals surface area contributed by atoms with E-state index in [4.69, 9.17) is 9.94 Å². The van der Waals surface area contributed by atoms with Crippen molar-refractivity contribution in [3.63, 3.8) is 0 Å². The molecule has 0 amide bonds. The maximum atomic E-state index is 14.3. The molecule has 2 aromatic rings. The zero-order chi connectivity index (χ0) is 17.5. The van der Waals surface area contributed by atoms with Crippen LogP contribution in [-0.4, -0.2) is 24.4 Å². The normalized spacial score (nSPS) is 13.3. The van der Waals surface area contributed by atoms with Crippen LogP contribution in [0.25, 0.3) is 11.1 Å². The Hall–Kier alpha value is -2.32. The summed E-state index contributed by atoms with van der Waals surface area (Å²) >= 11 is 0. The molecule has 7 heteroatoms. The number of hydrogen-bond acceptors (Lipinski definition) is 5. The molecule has 0 saturated heterocycles. The minimum Gasteiger partial charge on any atom is -0.566 e. The molecule has 0 aliphatic carbocycles. The number of halogens is 1. The molecule has 0 spiro atoms. The molecule has 0 aliphatic rings. The van der Waals surface area contributed by atoms with Gasteiger partial charge in [0.15, 0.2) is 0 Å². The topological polar surface area (TPSA) is 83.3 Å². The summed E-state index contributed by atoms with van der Waals surface area (Å²) in [5.74, 6) is -1.67. The standard InChI is InChI=1S/C17H18FNO5/c1-12(17(20)23-9-10-24-19(21)22)14-7-8-15(16(18)11-14)13-5-3-2-4-6-13/h2-8,11-12,19,21H,9-10H2,1H3. The fraction of sp³-hybridized carbons (Fsp3) is 0.235. The number of ether oxygens (including phenoxy) is 1.